The molecular formula is C14H18N2OS. The van der Waals surface area contributed by atoms with Gasteiger partial charge in [-0.25, -0.2) is 4.98 Å². The SMILES string of the molecule is CC(C)CC(=O)N(C)Cc1nc2ccccc2s1. The second kappa shape index (κ2) is 5.48. The van der Waals surface area contributed by atoms with E-state index in [2.05, 4.69) is 24.9 Å². The van der Waals surface area contributed by atoms with Crippen LogP contribution in [-0.4, -0.2) is 22.8 Å². The van der Waals surface area contributed by atoms with Crippen LogP contribution >= 0.6 is 11.3 Å². The third kappa shape index (κ3) is 3.07. The quantitative estimate of drug-likeness (QED) is 0.847. The number of amides is 1. The minimum atomic E-state index is 0.184. The maximum absolute atomic E-state index is 11.9. The molecule has 0 fully saturated rings. The number of fused-ring (bicyclic) bond motifs is 1. The minimum Gasteiger partial charge on any atom is -0.339 e. The molecule has 4 heteroatoms. The van der Waals surface area contributed by atoms with E-state index in [1.807, 2.05) is 25.2 Å². The van der Waals surface area contributed by atoms with Crippen LogP contribution in [0.25, 0.3) is 10.2 Å². The highest BCUT2D eigenvalue weighted by atomic mass is 32.1. The second-order valence-electron chi connectivity index (χ2n) is 4.92. The first kappa shape index (κ1) is 13.0. The lowest BCUT2D eigenvalue weighted by Gasteiger charge is -2.16. The summed E-state index contributed by atoms with van der Waals surface area (Å²) in [5.41, 5.74) is 1.02. The van der Waals surface area contributed by atoms with Gasteiger partial charge < -0.3 is 4.90 Å². The van der Waals surface area contributed by atoms with Crippen molar-refractivity contribution in [3.8, 4) is 0 Å². The van der Waals surface area contributed by atoms with Crippen molar-refractivity contribution >= 4 is 27.5 Å². The Labute approximate surface area is 111 Å². The first-order valence-corrected chi connectivity index (χ1v) is 6.96. The van der Waals surface area contributed by atoms with E-state index in [4.69, 9.17) is 0 Å². The molecule has 0 atom stereocenters. The van der Waals surface area contributed by atoms with Crippen LogP contribution < -0.4 is 0 Å². The highest BCUT2D eigenvalue weighted by Gasteiger charge is 2.13. The van der Waals surface area contributed by atoms with E-state index >= 15 is 0 Å². The van der Waals surface area contributed by atoms with Gasteiger partial charge in [0.25, 0.3) is 0 Å². The number of rotatable bonds is 4. The van der Waals surface area contributed by atoms with Gasteiger partial charge in [-0.3, -0.25) is 4.79 Å². The molecule has 0 aliphatic carbocycles. The Kier molecular flexibility index (Phi) is 3.97. The van der Waals surface area contributed by atoms with Gasteiger partial charge in [0.2, 0.25) is 5.91 Å². The van der Waals surface area contributed by atoms with Crippen molar-refractivity contribution in [3.63, 3.8) is 0 Å². The van der Waals surface area contributed by atoms with Gasteiger partial charge >= 0.3 is 0 Å². The molecule has 0 spiro atoms. The molecule has 1 aromatic heterocycles. The van der Waals surface area contributed by atoms with Crippen molar-refractivity contribution in [1.29, 1.82) is 0 Å². The molecule has 96 valence electrons. The largest absolute Gasteiger partial charge is 0.339 e. The summed E-state index contributed by atoms with van der Waals surface area (Å²) in [5.74, 6) is 0.583. The number of carbonyl (C=O) groups is 1. The first-order chi connectivity index (χ1) is 8.56. The monoisotopic (exact) mass is 262 g/mol. The van der Waals surface area contributed by atoms with Crippen molar-refractivity contribution < 1.29 is 4.79 Å². The Bertz CT molecular complexity index is 514. The van der Waals surface area contributed by atoms with Gasteiger partial charge in [0, 0.05) is 13.5 Å². The van der Waals surface area contributed by atoms with Crippen LogP contribution in [0.3, 0.4) is 0 Å². The van der Waals surface area contributed by atoms with Crippen LogP contribution in [0.15, 0.2) is 24.3 Å². The van der Waals surface area contributed by atoms with Crippen LogP contribution in [0.1, 0.15) is 25.3 Å². The molecule has 2 rings (SSSR count). The number of carbonyl (C=O) groups excluding carboxylic acids is 1. The molecule has 0 unspecified atom stereocenters. The van der Waals surface area contributed by atoms with Gasteiger partial charge in [0.05, 0.1) is 16.8 Å². The molecular weight excluding hydrogens is 244 g/mol. The number of nitrogens with zero attached hydrogens (tertiary/aromatic N) is 2. The number of hydrogen-bond donors (Lipinski definition) is 0. The van der Waals surface area contributed by atoms with Crippen molar-refractivity contribution in [2.75, 3.05) is 7.05 Å². The Morgan fingerprint density at radius 3 is 2.78 bits per heavy atom. The molecule has 1 heterocycles. The summed E-state index contributed by atoms with van der Waals surface area (Å²) >= 11 is 1.66. The molecule has 0 N–H and O–H groups in total. The Hall–Kier alpha value is -1.42. The third-order valence-electron chi connectivity index (χ3n) is 2.72. The number of benzene rings is 1. The van der Waals surface area contributed by atoms with Gasteiger partial charge in [0.15, 0.2) is 0 Å². The molecule has 0 radical (unpaired) electrons. The van der Waals surface area contributed by atoms with Gasteiger partial charge in [-0.05, 0) is 18.1 Å². The summed E-state index contributed by atoms with van der Waals surface area (Å²) in [5, 5.41) is 0.996. The predicted octanol–water partition coefficient (Wildman–Crippen LogP) is 3.30. The van der Waals surface area contributed by atoms with Crippen LogP contribution in [0.4, 0.5) is 0 Å². The predicted molar refractivity (Wildman–Crippen MR) is 75.5 cm³/mol. The van der Waals surface area contributed by atoms with Crippen molar-refractivity contribution in [2.45, 2.75) is 26.8 Å². The topological polar surface area (TPSA) is 33.2 Å². The van der Waals surface area contributed by atoms with E-state index in [9.17, 15) is 4.79 Å². The average Bonchev–Trinajstić information content (AvgIpc) is 2.69. The van der Waals surface area contributed by atoms with Crippen LogP contribution in [0.5, 0.6) is 0 Å². The number of aromatic nitrogens is 1. The zero-order valence-corrected chi connectivity index (χ0v) is 11.8. The van der Waals surface area contributed by atoms with Gasteiger partial charge in [-0.15, -0.1) is 11.3 Å². The molecule has 3 nitrogen and oxygen atoms in total. The number of para-hydroxylation sites is 1. The average molecular weight is 262 g/mol. The fraction of sp³-hybridized carbons (Fsp3) is 0.429. The van der Waals surface area contributed by atoms with E-state index in [1.165, 1.54) is 4.70 Å². The zero-order chi connectivity index (χ0) is 13.1. The van der Waals surface area contributed by atoms with Crippen LogP contribution in [0.2, 0.25) is 0 Å². The Morgan fingerprint density at radius 1 is 1.39 bits per heavy atom. The highest BCUT2D eigenvalue weighted by Crippen LogP contribution is 2.22. The fourth-order valence-corrected chi connectivity index (χ4v) is 2.80. The van der Waals surface area contributed by atoms with Crippen molar-refractivity contribution in [2.24, 2.45) is 5.92 Å². The summed E-state index contributed by atoms with van der Waals surface area (Å²) in [6.45, 7) is 4.72. The zero-order valence-electron chi connectivity index (χ0n) is 11.0. The van der Waals surface area contributed by atoms with Gasteiger partial charge in [-0.1, -0.05) is 26.0 Å². The number of hydrogen-bond acceptors (Lipinski definition) is 3. The van der Waals surface area contributed by atoms with E-state index in [0.717, 1.165) is 10.5 Å². The lowest BCUT2D eigenvalue weighted by Crippen LogP contribution is -2.27. The van der Waals surface area contributed by atoms with E-state index < -0.39 is 0 Å². The smallest absolute Gasteiger partial charge is 0.222 e. The van der Waals surface area contributed by atoms with Crippen LogP contribution in [-0.2, 0) is 11.3 Å². The maximum atomic E-state index is 11.9. The first-order valence-electron chi connectivity index (χ1n) is 6.14. The van der Waals surface area contributed by atoms with Crippen molar-refractivity contribution in [1.82, 2.24) is 9.88 Å². The summed E-state index contributed by atoms with van der Waals surface area (Å²) < 4.78 is 1.18. The number of thiazole rings is 1. The molecule has 2 aromatic rings. The fourth-order valence-electron chi connectivity index (χ4n) is 1.78. The molecule has 18 heavy (non-hydrogen) atoms. The summed E-state index contributed by atoms with van der Waals surface area (Å²) in [6.07, 6.45) is 0.599. The van der Waals surface area contributed by atoms with E-state index in [-0.39, 0.29) is 5.91 Å². The molecule has 0 aliphatic heterocycles. The second-order valence-corrected chi connectivity index (χ2v) is 6.04. The Balaban J connectivity index is 2.06. The van der Waals surface area contributed by atoms with Gasteiger partial charge in [0.1, 0.15) is 5.01 Å². The third-order valence-corrected chi connectivity index (χ3v) is 3.74. The molecule has 1 aromatic carbocycles. The molecule has 0 saturated carbocycles. The minimum absolute atomic E-state index is 0.184. The standard InChI is InChI=1S/C14H18N2OS/c1-10(2)8-14(17)16(3)9-13-15-11-6-4-5-7-12(11)18-13/h4-7,10H,8-9H2,1-3H3. The van der Waals surface area contributed by atoms with Gasteiger partial charge in [-0.2, -0.15) is 0 Å². The normalized spacial score (nSPS) is 11.1. The Morgan fingerprint density at radius 2 is 2.11 bits per heavy atom. The molecule has 0 aliphatic rings. The lowest BCUT2D eigenvalue weighted by molar-refractivity contribution is -0.131. The summed E-state index contributed by atoms with van der Waals surface area (Å²) in [6, 6.07) is 8.06. The lowest BCUT2D eigenvalue weighted by atomic mass is 10.1. The molecule has 0 bridgehead atoms. The molecule has 0 saturated heterocycles. The van der Waals surface area contributed by atoms with E-state index in [0.29, 0.717) is 18.9 Å². The summed E-state index contributed by atoms with van der Waals surface area (Å²) in [4.78, 5) is 18.2. The van der Waals surface area contributed by atoms with Crippen LogP contribution in [0, 0.1) is 5.92 Å². The molecule has 1 amide bonds. The maximum Gasteiger partial charge on any atom is 0.222 e. The van der Waals surface area contributed by atoms with E-state index in [1.54, 1.807) is 16.2 Å². The highest BCUT2D eigenvalue weighted by molar-refractivity contribution is 7.18. The summed E-state index contributed by atoms with van der Waals surface area (Å²) in [7, 11) is 1.84. The van der Waals surface area contributed by atoms with Crippen molar-refractivity contribution in [3.05, 3.63) is 29.3 Å².